The first-order valence-electron chi connectivity index (χ1n) is 4.63. The minimum atomic E-state index is -3.79. The van der Waals surface area contributed by atoms with Gasteiger partial charge in [0.05, 0.1) is 4.90 Å². The van der Waals surface area contributed by atoms with Gasteiger partial charge in [-0.3, -0.25) is 4.79 Å². The lowest BCUT2D eigenvalue weighted by Gasteiger charge is -2.09. The van der Waals surface area contributed by atoms with Gasteiger partial charge >= 0.3 is 0 Å². The van der Waals surface area contributed by atoms with Gasteiger partial charge in [0.15, 0.2) is 0 Å². The van der Waals surface area contributed by atoms with Gasteiger partial charge in [-0.2, -0.15) is 0 Å². The van der Waals surface area contributed by atoms with Crippen molar-refractivity contribution in [3.05, 3.63) is 28.8 Å². The largest absolute Gasteiger partial charge is 0.355 e. The molecule has 0 saturated carbocycles. The Hall–Kier alpha value is -1.40. The lowest BCUT2D eigenvalue weighted by Crippen LogP contribution is -2.21. The van der Waals surface area contributed by atoms with Crippen LogP contribution in [-0.2, 0) is 10.0 Å². The van der Waals surface area contributed by atoms with E-state index in [0.717, 1.165) is 0 Å². The maximum absolute atomic E-state index is 11.5. The molecule has 88 valence electrons. The first-order valence-corrected chi connectivity index (χ1v) is 6.18. The Labute approximate surface area is 94.7 Å². The minimum Gasteiger partial charge on any atom is -0.355 e. The van der Waals surface area contributed by atoms with Crippen molar-refractivity contribution in [3.63, 3.8) is 0 Å². The van der Waals surface area contributed by atoms with Gasteiger partial charge < -0.3 is 5.32 Å². The Morgan fingerprint density at radius 3 is 2.25 bits per heavy atom. The number of hydrogen-bond acceptors (Lipinski definition) is 3. The van der Waals surface area contributed by atoms with E-state index < -0.39 is 10.0 Å². The van der Waals surface area contributed by atoms with Crippen molar-refractivity contribution in [1.82, 2.24) is 5.32 Å². The molecule has 1 amide bonds. The molecule has 0 fully saturated rings. The summed E-state index contributed by atoms with van der Waals surface area (Å²) < 4.78 is 22.5. The molecule has 1 aromatic rings. The van der Waals surface area contributed by atoms with Crippen LogP contribution >= 0.6 is 0 Å². The van der Waals surface area contributed by atoms with E-state index in [1.54, 1.807) is 19.9 Å². The summed E-state index contributed by atoms with van der Waals surface area (Å²) in [5.41, 5.74) is 1.56. The maximum Gasteiger partial charge on any atom is 0.251 e. The summed E-state index contributed by atoms with van der Waals surface area (Å²) in [5.74, 6) is -0.331. The zero-order valence-corrected chi connectivity index (χ0v) is 10.2. The third-order valence-corrected chi connectivity index (χ3v) is 3.35. The van der Waals surface area contributed by atoms with Crippen LogP contribution < -0.4 is 10.5 Å². The summed E-state index contributed by atoms with van der Waals surface area (Å²) in [4.78, 5) is 11.5. The second-order valence-electron chi connectivity index (χ2n) is 3.56. The number of sulfonamides is 1. The normalized spacial score (nSPS) is 11.2. The van der Waals surface area contributed by atoms with Gasteiger partial charge in [-0.1, -0.05) is 6.07 Å². The van der Waals surface area contributed by atoms with E-state index in [0.29, 0.717) is 16.7 Å². The highest BCUT2D eigenvalue weighted by Gasteiger charge is 2.16. The van der Waals surface area contributed by atoms with Crippen LogP contribution in [0.25, 0.3) is 0 Å². The van der Waals surface area contributed by atoms with E-state index in [1.807, 2.05) is 0 Å². The fraction of sp³-hybridized carbons (Fsp3) is 0.300. The highest BCUT2D eigenvalue weighted by Crippen LogP contribution is 2.19. The van der Waals surface area contributed by atoms with Crippen LogP contribution in [0.2, 0.25) is 0 Å². The van der Waals surface area contributed by atoms with Gasteiger partial charge in [0.25, 0.3) is 5.91 Å². The molecule has 16 heavy (non-hydrogen) atoms. The van der Waals surface area contributed by atoms with E-state index in [1.165, 1.54) is 13.1 Å². The van der Waals surface area contributed by atoms with Crippen molar-refractivity contribution in [1.29, 1.82) is 0 Å². The van der Waals surface area contributed by atoms with E-state index >= 15 is 0 Å². The van der Waals surface area contributed by atoms with Crippen LogP contribution in [0.15, 0.2) is 17.0 Å². The van der Waals surface area contributed by atoms with E-state index in [9.17, 15) is 13.2 Å². The predicted molar refractivity (Wildman–Crippen MR) is 60.7 cm³/mol. The number of primary sulfonamides is 1. The molecule has 6 heteroatoms. The van der Waals surface area contributed by atoms with Crippen molar-refractivity contribution in [2.45, 2.75) is 18.7 Å². The molecule has 3 N–H and O–H groups in total. The molecule has 0 aliphatic carbocycles. The Morgan fingerprint density at radius 2 is 1.81 bits per heavy atom. The third kappa shape index (κ3) is 2.40. The number of amides is 1. The summed E-state index contributed by atoms with van der Waals surface area (Å²) in [6.07, 6.45) is 0. The molecular formula is C10H14N2O3S. The molecule has 0 atom stereocenters. The topological polar surface area (TPSA) is 89.3 Å². The summed E-state index contributed by atoms with van der Waals surface area (Å²) in [5, 5.41) is 7.50. The predicted octanol–water partition coefficient (Wildman–Crippen LogP) is 0.310. The smallest absolute Gasteiger partial charge is 0.251 e. The highest BCUT2D eigenvalue weighted by atomic mass is 32.2. The number of benzene rings is 1. The summed E-state index contributed by atoms with van der Waals surface area (Å²) >= 11 is 0. The number of nitrogens with one attached hydrogen (secondary N) is 1. The highest BCUT2D eigenvalue weighted by molar-refractivity contribution is 7.89. The van der Waals surface area contributed by atoms with Crippen molar-refractivity contribution in [3.8, 4) is 0 Å². The molecule has 0 bridgehead atoms. The Kier molecular flexibility index (Phi) is 3.35. The standard InChI is InChI=1S/C10H14N2O3S/c1-6-4-7(2)9(16(11,14)15)5-8(6)10(13)12-3/h4-5H,1-3H3,(H,12,13)(H2,11,14,15). The molecule has 0 aromatic heterocycles. The third-order valence-electron chi connectivity index (χ3n) is 2.30. The van der Waals surface area contributed by atoms with Gasteiger partial charge in [0.1, 0.15) is 0 Å². The van der Waals surface area contributed by atoms with Gasteiger partial charge in [-0.05, 0) is 31.0 Å². The van der Waals surface area contributed by atoms with Crippen LogP contribution in [0.3, 0.4) is 0 Å². The van der Waals surface area contributed by atoms with Crippen molar-refractivity contribution >= 4 is 15.9 Å². The number of carbonyl (C=O) groups excluding carboxylic acids is 1. The first kappa shape index (κ1) is 12.7. The van der Waals surface area contributed by atoms with Crippen LogP contribution in [0, 0.1) is 13.8 Å². The monoisotopic (exact) mass is 242 g/mol. The quantitative estimate of drug-likeness (QED) is 0.782. The Bertz CT molecular complexity index is 535. The zero-order chi connectivity index (χ0) is 12.5. The van der Waals surface area contributed by atoms with E-state index in [2.05, 4.69) is 5.32 Å². The summed E-state index contributed by atoms with van der Waals surface area (Å²) in [6.45, 7) is 3.38. The molecule has 0 heterocycles. The SMILES string of the molecule is CNC(=O)c1cc(S(N)(=O)=O)c(C)cc1C. The van der Waals surface area contributed by atoms with Crippen LogP contribution in [0.1, 0.15) is 21.5 Å². The molecule has 5 nitrogen and oxygen atoms in total. The summed E-state index contributed by atoms with van der Waals surface area (Å²) in [7, 11) is -2.31. The molecule has 0 unspecified atom stereocenters. The van der Waals surface area contributed by atoms with Crippen molar-refractivity contribution < 1.29 is 13.2 Å². The fourth-order valence-electron chi connectivity index (χ4n) is 1.52. The van der Waals surface area contributed by atoms with Crippen molar-refractivity contribution in [2.24, 2.45) is 5.14 Å². The van der Waals surface area contributed by atoms with E-state index in [4.69, 9.17) is 5.14 Å². The van der Waals surface area contributed by atoms with Crippen LogP contribution in [-0.4, -0.2) is 21.4 Å². The number of aryl methyl sites for hydroxylation is 2. The molecule has 0 aliphatic heterocycles. The van der Waals surface area contributed by atoms with Gasteiger partial charge in [-0.15, -0.1) is 0 Å². The maximum atomic E-state index is 11.5. The molecule has 0 spiro atoms. The second kappa shape index (κ2) is 4.23. The second-order valence-corrected chi connectivity index (χ2v) is 5.09. The number of rotatable bonds is 2. The van der Waals surface area contributed by atoms with Gasteiger partial charge in [0.2, 0.25) is 10.0 Å². The minimum absolute atomic E-state index is 0.0169. The number of nitrogens with two attached hydrogens (primary N) is 1. The number of carbonyl (C=O) groups is 1. The Balaban J connectivity index is 3.51. The van der Waals surface area contributed by atoms with Gasteiger partial charge in [-0.25, -0.2) is 13.6 Å². The van der Waals surface area contributed by atoms with E-state index in [-0.39, 0.29) is 10.8 Å². The van der Waals surface area contributed by atoms with Crippen molar-refractivity contribution in [2.75, 3.05) is 7.05 Å². The lowest BCUT2D eigenvalue weighted by atomic mass is 10.1. The number of hydrogen-bond donors (Lipinski definition) is 2. The van der Waals surface area contributed by atoms with Gasteiger partial charge in [0, 0.05) is 12.6 Å². The molecule has 0 aliphatic rings. The van der Waals surface area contributed by atoms with Crippen LogP contribution in [0.5, 0.6) is 0 Å². The zero-order valence-electron chi connectivity index (χ0n) is 9.37. The van der Waals surface area contributed by atoms with Crippen LogP contribution in [0.4, 0.5) is 0 Å². The molecule has 1 rings (SSSR count). The average Bonchev–Trinajstić information content (AvgIpc) is 2.14. The average molecular weight is 242 g/mol. The Morgan fingerprint density at radius 1 is 1.25 bits per heavy atom. The summed E-state index contributed by atoms with van der Waals surface area (Å²) in [6, 6.07) is 2.93. The lowest BCUT2D eigenvalue weighted by molar-refractivity contribution is 0.0962. The molecule has 1 aromatic carbocycles. The molecule has 0 saturated heterocycles. The first-order chi connectivity index (χ1) is 7.27. The molecule has 0 radical (unpaired) electrons. The molecular weight excluding hydrogens is 228 g/mol. The fourth-order valence-corrected chi connectivity index (χ4v) is 2.31.